The van der Waals surface area contributed by atoms with Gasteiger partial charge in [-0.05, 0) is 55.3 Å². The average Bonchev–Trinajstić information content (AvgIpc) is 2.79. The molecule has 164 valence electrons. The zero-order valence-electron chi connectivity index (χ0n) is 18.0. The summed E-state index contributed by atoms with van der Waals surface area (Å²) in [6, 6.07) is 16.5. The number of carbonyl (C=O) groups is 1. The van der Waals surface area contributed by atoms with Crippen molar-refractivity contribution < 1.29 is 9.53 Å². The van der Waals surface area contributed by atoms with Gasteiger partial charge in [-0.15, -0.1) is 0 Å². The first-order chi connectivity index (χ1) is 15.5. The van der Waals surface area contributed by atoms with Crippen LogP contribution >= 0.6 is 11.6 Å². The van der Waals surface area contributed by atoms with Crippen LogP contribution in [0.4, 0.5) is 11.5 Å². The third kappa shape index (κ3) is 5.95. The van der Waals surface area contributed by atoms with Gasteiger partial charge in [0.1, 0.15) is 11.6 Å². The molecule has 1 amide bonds. The first-order valence-electron chi connectivity index (χ1n) is 10.2. The highest BCUT2D eigenvalue weighted by molar-refractivity contribution is 6.31. The number of aliphatic imine (C=N–C) groups is 1. The number of allylic oxidation sites excluding steroid dienone is 1. The van der Waals surface area contributed by atoms with E-state index in [0.717, 1.165) is 22.4 Å². The molecular formula is C25H25ClN4O2. The third-order valence-corrected chi connectivity index (χ3v) is 5.10. The number of nitrogens with two attached hydrogens (primary N) is 1. The topological polar surface area (TPSA) is 89.6 Å². The lowest BCUT2D eigenvalue weighted by Gasteiger charge is -2.13. The molecule has 0 spiro atoms. The van der Waals surface area contributed by atoms with Gasteiger partial charge in [0, 0.05) is 41.3 Å². The number of benzene rings is 2. The fraction of sp³-hybridized carbons (Fsp3) is 0.160. The van der Waals surface area contributed by atoms with Gasteiger partial charge in [-0.25, -0.2) is 4.98 Å². The smallest absolute Gasteiger partial charge is 0.259 e. The van der Waals surface area contributed by atoms with Crippen LogP contribution in [-0.4, -0.2) is 23.7 Å². The number of carbonyl (C=O) groups excluding carboxylic acids is 1. The second-order valence-corrected chi connectivity index (χ2v) is 7.42. The molecule has 7 heteroatoms. The Morgan fingerprint density at radius 3 is 2.72 bits per heavy atom. The molecule has 0 bridgehead atoms. The Balaban J connectivity index is 1.63. The summed E-state index contributed by atoms with van der Waals surface area (Å²) < 4.78 is 6.02. The van der Waals surface area contributed by atoms with E-state index in [9.17, 15) is 4.79 Å². The number of nitrogens with one attached hydrogen (secondary N) is 1. The molecular weight excluding hydrogens is 424 g/mol. The second kappa shape index (κ2) is 11.1. The lowest BCUT2D eigenvalue weighted by Crippen LogP contribution is -2.14. The van der Waals surface area contributed by atoms with E-state index in [1.165, 1.54) is 6.20 Å². The van der Waals surface area contributed by atoms with Crippen LogP contribution in [0.3, 0.4) is 0 Å². The molecule has 32 heavy (non-hydrogen) atoms. The minimum absolute atomic E-state index is 0.178. The summed E-state index contributed by atoms with van der Waals surface area (Å²) in [6.07, 6.45) is 5.71. The standard InChI is InChI=1S/C25H25ClN4O2/c1-3-28-16-17(2)20-7-4-5-9-23(20)32-14-12-18-10-11-19(15-22(18)26)30-25(31)21-8-6-13-29-24(21)27/h3-11,13,15-16H,12,14H2,1-2H3,(H2,27,29)(H,30,31)/b17-16+,28-3?. The fourth-order valence-electron chi connectivity index (χ4n) is 3.08. The number of nitrogens with zero attached hydrogens (tertiary/aromatic N) is 2. The van der Waals surface area contributed by atoms with Crippen LogP contribution in [0.25, 0.3) is 5.57 Å². The maximum Gasteiger partial charge on any atom is 0.259 e. The molecule has 0 saturated heterocycles. The fourth-order valence-corrected chi connectivity index (χ4v) is 3.36. The molecule has 0 saturated carbocycles. The molecule has 1 aromatic heterocycles. The summed E-state index contributed by atoms with van der Waals surface area (Å²) in [6.45, 7) is 4.33. The number of hydrogen-bond acceptors (Lipinski definition) is 5. The number of hydrogen-bond donors (Lipinski definition) is 2. The minimum atomic E-state index is -0.338. The predicted octanol–water partition coefficient (Wildman–Crippen LogP) is 5.64. The van der Waals surface area contributed by atoms with Crippen LogP contribution in [0.15, 0.2) is 72.0 Å². The molecule has 0 aliphatic heterocycles. The third-order valence-electron chi connectivity index (χ3n) is 4.75. The SMILES string of the molecule is CC=N/C=C(\C)c1ccccc1OCCc1ccc(NC(=O)c2cccnc2N)cc1Cl. The van der Waals surface area contributed by atoms with Crippen molar-refractivity contribution in [2.75, 3.05) is 17.7 Å². The average molecular weight is 449 g/mol. The van der Waals surface area contributed by atoms with Gasteiger partial charge in [0.15, 0.2) is 0 Å². The lowest BCUT2D eigenvalue weighted by atomic mass is 10.1. The van der Waals surface area contributed by atoms with Crippen molar-refractivity contribution in [1.82, 2.24) is 4.98 Å². The maximum absolute atomic E-state index is 12.4. The number of nitrogen functional groups attached to an aromatic ring is 1. The van der Waals surface area contributed by atoms with Gasteiger partial charge >= 0.3 is 0 Å². The summed E-state index contributed by atoms with van der Waals surface area (Å²) in [5, 5.41) is 3.34. The van der Waals surface area contributed by atoms with Crippen molar-refractivity contribution in [3.05, 3.63) is 88.7 Å². The van der Waals surface area contributed by atoms with E-state index in [-0.39, 0.29) is 11.7 Å². The van der Waals surface area contributed by atoms with Gasteiger partial charge in [-0.3, -0.25) is 9.79 Å². The van der Waals surface area contributed by atoms with Crippen molar-refractivity contribution in [3.63, 3.8) is 0 Å². The number of amides is 1. The molecule has 3 aromatic rings. The van der Waals surface area contributed by atoms with Gasteiger partial charge in [0.05, 0.1) is 12.2 Å². The highest BCUT2D eigenvalue weighted by Gasteiger charge is 2.12. The Labute approximate surface area is 192 Å². The number of rotatable bonds is 8. The summed E-state index contributed by atoms with van der Waals surface area (Å²) in [4.78, 5) is 20.5. The molecule has 0 aliphatic carbocycles. The number of halogens is 1. The van der Waals surface area contributed by atoms with Crippen LogP contribution in [-0.2, 0) is 6.42 Å². The van der Waals surface area contributed by atoms with E-state index in [1.54, 1.807) is 30.5 Å². The van der Waals surface area contributed by atoms with Crippen LogP contribution in [0.1, 0.15) is 35.3 Å². The van der Waals surface area contributed by atoms with E-state index >= 15 is 0 Å². The van der Waals surface area contributed by atoms with Gasteiger partial charge in [-0.1, -0.05) is 35.9 Å². The number of anilines is 2. The van der Waals surface area contributed by atoms with E-state index in [4.69, 9.17) is 22.1 Å². The number of pyridine rings is 1. The van der Waals surface area contributed by atoms with E-state index in [0.29, 0.717) is 29.3 Å². The first-order valence-corrected chi connectivity index (χ1v) is 10.5. The summed E-state index contributed by atoms with van der Waals surface area (Å²) in [7, 11) is 0. The Morgan fingerprint density at radius 2 is 1.97 bits per heavy atom. The van der Waals surface area contributed by atoms with Crippen molar-refractivity contribution >= 4 is 40.8 Å². The molecule has 3 rings (SSSR count). The summed E-state index contributed by atoms with van der Waals surface area (Å²) >= 11 is 6.44. The van der Waals surface area contributed by atoms with Gasteiger partial charge in [0.2, 0.25) is 0 Å². The van der Waals surface area contributed by atoms with Crippen LogP contribution in [0.2, 0.25) is 5.02 Å². The van der Waals surface area contributed by atoms with Gasteiger partial charge in [-0.2, -0.15) is 0 Å². The van der Waals surface area contributed by atoms with Gasteiger partial charge < -0.3 is 15.8 Å². The van der Waals surface area contributed by atoms with Crippen LogP contribution in [0.5, 0.6) is 5.75 Å². The molecule has 0 unspecified atom stereocenters. The number of aromatic nitrogens is 1. The highest BCUT2D eigenvalue weighted by Crippen LogP contribution is 2.27. The molecule has 6 nitrogen and oxygen atoms in total. The van der Waals surface area contributed by atoms with Crippen molar-refractivity contribution in [2.45, 2.75) is 20.3 Å². The normalized spacial score (nSPS) is 11.5. The summed E-state index contributed by atoms with van der Waals surface area (Å²) in [5.41, 5.74) is 9.59. The molecule has 1 heterocycles. The molecule has 0 radical (unpaired) electrons. The lowest BCUT2D eigenvalue weighted by molar-refractivity contribution is 0.102. The first kappa shape index (κ1) is 23.0. The molecule has 0 aliphatic rings. The monoisotopic (exact) mass is 448 g/mol. The zero-order chi connectivity index (χ0) is 22.9. The zero-order valence-corrected chi connectivity index (χ0v) is 18.8. The Bertz CT molecular complexity index is 1160. The Hall–Kier alpha value is -3.64. The molecule has 0 atom stereocenters. The predicted molar refractivity (Wildman–Crippen MR) is 132 cm³/mol. The number of para-hydroxylation sites is 1. The molecule has 0 fully saturated rings. The molecule has 2 aromatic carbocycles. The van der Waals surface area contributed by atoms with Crippen molar-refractivity contribution in [1.29, 1.82) is 0 Å². The maximum atomic E-state index is 12.4. The quantitative estimate of drug-likeness (QED) is 0.436. The van der Waals surface area contributed by atoms with Crippen LogP contribution in [0, 0.1) is 0 Å². The van der Waals surface area contributed by atoms with E-state index in [1.807, 2.05) is 50.4 Å². The Kier molecular flexibility index (Phi) is 8.00. The van der Waals surface area contributed by atoms with Crippen molar-refractivity contribution in [2.24, 2.45) is 4.99 Å². The van der Waals surface area contributed by atoms with Crippen LogP contribution < -0.4 is 15.8 Å². The Morgan fingerprint density at radius 1 is 1.19 bits per heavy atom. The largest absolute Gasteiger partial charge is 0.493 e. The minimum Gasteiger partial charge on any atom is -0.493 e. The summed E-state index contributed by atoms with van der Waals surface area (Å²) in [5.74, 6) is 0.633. The van der Waals surface area contributed by atoms with E-state index < -0.39 is 0 Å². The highest BCUT2D eigenvalue weighted by atomic mass is 35.5. The van der Waals surface area contributed by atoms with Gasteiger partial charge in [0.25, 0.3) is 5.91 Å². The number of ether oxygens (including phenoxy) is 1. The molecule has 3 N–H and O–H groups in total. The second-order valence-electron chi connectivity index (χ2n) is 7.01. The van der Waals surface area contributed by atoms with E-state index in [2.05, 4.69) is 15.3 Å². The van der Waals surface area contributed by atoms with Crippen molar-refractivity contribution in [3.8, 4) is 5.75 Å².